The second-order valence-corrected chi connectivity index (χ2v) is 6.15. The second kappa shape index (κ2) is 8.99. The Bertz CT molecular complexity index is 786. The topological polar surface area (TPSA) is 70.6 Å². The van der Waals surface area contributed by atoms with Gasteiger partial charge in [-0.3, -0.25) is 9.59 Å². The Morgan fingerprint density at radius 2 is 1.72 bits per heavy atom. The number of carbonyl (C=O) groups is 2. The first-order valence-electron chi connectivity index (χ1n) is 7.88. The molecule has 5 nitrogen and oxygen atoms in total. The first kappa shape index (κ1) is 18.7. The molecule has 0 aromatic heterocycles. The van der Waals surface area contributed by atoms with Gasteiger partial charge in [-0.25, -0.2) is 5.43 Å². The van der Waals surface area contributed by atoms with Crippen LogP contribution < -0.4 is 10.7 Å². The third-order valence-electron chi connectivity index (χ3n) is 3.51. The SMILES string of the molecule is Cc1ccc(NC(=O)CCC(=O)NN=Cc2ccc(Cl)cc2)c(C)c1. The Morgan fingerprint density at radius 1 is 1.04 bits per heavy atom. The molecule has 0 atom stereocenters. The lowest BCUT2D eigenvalue weighted by molar-refractivity contribution is -0.124. The lowest BCUT2D eigenvalue weighted by atomic mass is 10.1. The fourth-order valence-electron chi connectivity index (χ4n) is 2.18. The summed E-state index contributed by atoms with van der Waals surface area (Å²) in [6, 6.07) is 12.8. The summed E-state index contributed by atoms with van der Waals surface area (Å²) in [5, 5.41) is 7.30. The van der Waals surface area contributed by atoms with E-state index in [1.165, 1.54) is 6.21 Å². The Balaban J connectivity index is 1.75. The second-order valence-electron chi connectivity index (χ2n) is 5.71. The summed E-state index contributed by atoms with van der Waals surface area (Å²) in [5.41, 5.74) is 6.10. The van der Waals surface area contributed by atoms with Gasteiger partial charge in [0.15, 0.2) is 0 Å². The lowest BCUT2D eigenvalue weighted by Crippen LogP contribution is -2.20. The van der Waals surface area contributed by atoms with Gasteiger partial charge in [0.1, 0.15) is 0 Å². The van der Waals surface area contributed by atoms with Crippen LogP contribution in [0.5, 0.6) is 0 Å². The third kappa shape index (κ3) is 6.39. The standard InChI is InChI=1S/C19H20ClN3O2/c1-13-3-8-17(14(2)11-13)22-18(24)9-10-19(25)23-21-12-15-4-6-16(20)7-5-15/h3-8,11-12H,9-10H2,1-2H3,(H,22,24)(H,23,25). The van der Waals surface area contributed by atoms with Crippen LogP contribution in [0.25, 0.3) is 0 Å². The van der Waals surface area contributed by atoms with Gasteiger partial charge >= 0.3 is 0 Å². The van der Waals surface area contributed by atoms with E-state index in [0.29, 0.717) is 5.02 Å². The molecule has 0 saturated carbocycles. The third-order valence-corrected chi connectivity index (χ3v) is 3.76. The minimum atomic E-state index is -0.319. The van der Waals surface area contributed by atoms with Crippen LogP contribution in [0.2, 0.25) is 5.02 Å². The quantitative estimate of drug-likeness (QED) is 0.609. The number of hydrazone groups is 1. The van der Waals surface area contributed by atoms with Crippen molar-refractivity contribution >= 4 is 35.3 Å². The van der Waals surface area contributed by atoms with Crippen LogP contribution in [0, 0.1) is 13.8 Å². The van der Waals surface area contributed by atoms with Crippen molar-refractivity contribution in [1.82, 2.24) is 5.43 Å². The van der Waals surface area contributed by atoms with Crippen molar-refractivity contribution in [1.29, 1.82) is 0 Å². The van der Waals surface area contributed by atoms with Gasteiger partial charge in [-0.05, 0) is 43.2 Å². The number of rotatable bonds is 6. The fourth-order valence-corrected chi connectivity index (χ4v) is 2.30. The van der Waals surface area contributed by atoms with Gasteiger partial charge in [0.25, 0.3) is 0 Å². The number of hydrogen-bond acceptors (Lipinski definition) is 3. The Morgan fingerprint density at radius 3 is 2.40 bits per heavy atom. The van der Waals surface area contributed by atoms with Gasteiger partial charge in [-0.15, -0.1) is 0 Å². The van der Waals surface area contributed by atoms with E-state index in [9.17, 15) is 9.59 Å². The van der Waals surface area contributed by atoms with E-state index >= 15 is 0 Å². The molecule has 130 valence electrons. The molecule has 2 aromatic carbocycles. The minimum Gasteiger partial charge on any atom is -0.326 e. The normalized spacial score (nSPS) is 10.7. The summed E-state index contributed by atoms with van der Waals surface area (Å²) in [6.45, 7) is 3.92. The summed E-state index contributed by atoms with van der Waals surface area (Å²) in [7, 11) is 0. The van der Waals surface area contributed by atoms with Crippen molar-refractivity contribution in [2.45, 2.75) is 26.7 Å². The Hall–Kier alpha value is -2.66. The molecular weight excluding hydrogens is 338 g/mol. The maximum atomic E-state index is 11.9. The first-order valence-corrected chi connectivity index (χ1v) is 8.26. The zero-order valence-corrected chi connectivity index (χ0v) is 14.9. The molecule has 0 aliphatic heterocycles. The molecule has 0 heterocycles. The molecule has 0 aliphatic rings. The van der Waals surface area contributed by atoms with Crippen LogP contribution in [0.3, 0.4) is 0 Å². The van der Waals surface area contributed by atoms with Gasteiger partial charge in [-0.2, -0.15) is 5.10 Å². The molecule has 0 radical (unpaired) electrons. The summed E-state index contributed by atoms with van der Waals surface area (Å²) in [6.07, 6.45) is 1.67. The van der Waals surface area contributed by atoms with Crippen LogP contribution in [0.15, 0.2) is 47.6 Å². The van der Waals surface area contributed by atoms with Crippen molar-refractivity contribution in [3.8, 4) is 0 Å². The molecule has 2 amide bonds. The van der Waals surface area contributed by atoms with Crippen molar-refractivity contribution in [3.05, 3.63) is 64.2 Å². The molecule has 6 heteroatoms. The van der Waals surface area contributed by atoms with Crippen molar-refractivity contribution in [2.24, 2.45) is 5.10 Å². The van der Waals surface area contributed by atoms with Crippen molar-refractivity contribution < 1.29 is 9.59 Å². The number of carbonyl (C=O) groups excluding carboxylic acids is 2. The van der Waals surface area contributed by atoms with Crippen molar-refractivity contribution in [2.75, 3.05) is 5.32 Å². The average molecular weight is 358 g/mol. The number of aryl methyl sites for hydroxylation is 2. The predicted octanol–water partition coefficient (Wildman–Crippen LogP) is 3.83. The van der Waals surface area contributed by atoms with E-state index in [2.05, 4.69) is 15.8 Å². The van der Waals surface area contributed by atoms with E-state index in [4.69, 9.17) is 11.6 Å². The van der Waals surface area contributed by atoms with Crippen LogP contribution >= 0.6 is 11.6 Å². The summed E-state index contributed by atoms with van der Waals surface area (Å²) >= 11 is 5.79. The van der Waals surface area contributed by atoms with Gasteiger partial charge < -0.3 is 5.32 Å². The molecule has 0 saturated heterocycles. The number of anilines is 1. The zero-order valence-electron chi connectivity index (χ0n) is 14.2. The van der Waals surface area contributed by atoms with Gasteiger partial charge in [0.05, 0.1) is 6.21 Å². The van der Waals surface area contributed by atoms with Gasteiger partial charge in [0.2, 0.25) is 11.8 Å². The predicted molar refractivity (Wildman–Crippen MR) is 101 cm³/mol. The fraction of sp³-hybridized carbons (Fsp3) is 0.211. The minimum absolute atomic E-state index is 0.0642. The molecule has 2 aromatic rings. The van der Waals surface area contributed by atoms with Crippen molar-refractivity contribution in [3.63, 3.8) is 0 Å². The monoisotopic (exact) mass is 357 g/mol. The van der Waals surface area contributed by atoms with E-state index in [0.717, 1.165) is 22.4 Å². The molecule has 0 fully saturated rings. The number of hydrogen-bond donors (Lipinski definition) is 2. The maximum Gasteiger partial charge on any atom is 0.240 e. The van der Waals surface area contributed by atoms with E-state index in [1.54, 1.807) is 24.3 Å². The molecular formula is C19H20ClN3O2. The zero-order chi connectivity index (χ0) is 18.2. The van der Waals surface area contributed by atoms with E-state index in [1.807, 2.05) is 32.0 Å². The van der Waals surface area contributed by atoms with Gasteiger partial charge in [-0.1, -0.05) is 41.4 Å². The molecule has 0 bridgehead atoms. The molecule has 0 aliphatic carbocycles. The summed E-state index contributed by atoms with van der Waals surface area (Å²) in [5.74, 6) is -0.523. The highest BCUT2D eigenvalue weighted by Crippen LogP contribution is 2.16. The molecule has 25 heavy (non-hydrogen) atoms. The molecule has 0 spiro atoms. The molecule has 0 unspecified atom stereocenters. The summed E-state index contributed by atoms with van der Waals surface area (Å²) in [4.78, 5) is 23.7. The number of nitrogens with zero attached hydrogens (tertiary/aromatic N) is 1. The van der Waals surface area contributed by atoms with Gasteiger partial charge in [0, 0.05) is 23.6 Å². The smallest absolute Gasteiger partial charge is 0.240 e. The first-order chi connectivity index (χ1) is 11.9. The molecule has 2 rings (SSSR count). The van der Waals surface area contributed by atoms with E-state index in [-0.39, 0.29) is 24.7 Å². The summed E-state index contributed by atoms with van der Waals surface area (Å²) < 4.78 is 0. The van der Waals surface area contributed by atoms with E-state index < -0.39 is 0 Å². The number of nitrogens with one attached hydrogen (secondary N) is 2. The number of amides is 2. The average Bonchev–Trinajstić information content (AvgIpc) is 2.57. The Kier molecular flexibility index (Phi) is 6.71. The largest absolute Gasteiger partial charge is 0.326 e. The number of benzene rings is 2. The molecule has 2 N–H and O–H groups in total. The highest BCUT2D eigenvalue weighted by molar-refractivity contribution is 6.30. The highest BCUT2D eigenvalue weighted by Gasteiger charge is 2.08. The number of halogens is 1. The van der Waals surface area contributed by atoms with Crippen LogP contribution in [0.4, 0.5) is 5.69 Å². The lowest BCUT2D eigenvalue weighted by Gasteiger charge is -2.08. The van der Waals surface area contributed by atoms with Crippen LogP contribution in [-0.2, 0) is 9.59 Å². The van der Waals surface area contributed by atoms with Crippen LogP contribution in [0.1, 0.15) is 29.5 Å². The maximum absolute atomic E-state index is 11.9. The Labute approximate surface area is 152 Å². The van der Waals surface area contributed by atoms with Crippen LogP contribution in [-0.4, -0.2) is 18.0 Å². The highest BCUT2D eigenvalue weighted by atomic mass is 35.5.